The molecule has 0 spiro atoms. The van der Waals surface area contributed by atoms with Crippen molar-refractivity contribution in [3.63, 3.8) is 0 Å². The number of aromatic amines is 1. The van der Waals surface area contributed by atoms with E-state index in [1.807, 2.05) is 0 Å². The summed E-state index contributed by atoms with van der Waals surface area (Å²) in [5.41, 5.74) is -3.35. The number of rotatable bonds is 6. The van der Waals surface area contributed by atoms with Crippen LogP contribution in [0.15, 0.2) is 24.4 Å². The molecule has 0 unspecified atom stereocenters. The summed E-state index contributed by atoms with van der Waals surface area (Å²) in [5.74, 6) is 0. The lowest BCUT2D eigenvalue weighted by molar-refractivity contribution is 0.414. The van der Waals surface area contributed by atoms with Crippen molar-refractivity contribution in [2.24, 2.45) is 0 Å². The summed E-state index contributed by atoms with van der Waals surface area (Å²) < 4.78 is 117. The third-order valence-electron chi connectivity index (χ3n) is 2.62. The summed E-state index contributed by atoms with van der Waals surface area (Å²) in [7, 11) is -3.91. The van der Waals surface area contributed by atoms with Gasteiger partial charge in [0.1, 0.15) is 1.41 Å². The first-order valence-corrected chi connectivity index (χ1v) is 6.99. The Labute approximate surface area is 137 Å². The van der Waals surface area contributed by atoms with Gasteiger partial charge in [-0.15, -0.1) is 0 Å². The van der Waals surface area contributed by atoms with Crippen LogP contribution < -0.4 is 4.72 Å². The summed E-state index contributed by atoms with van der Waals surface area (Å²) in [6, 6.07) is 3.38. The number of nitrogens with one attached hydrogen (secondary N) is 2. The van der Waals surface area contributed by atoms with Gasteiger partial charge in [0.25, 0.3) is 0 Å². The van der Waals surface area contributed by atoms with Gasteiger partial charge in [-0.3, -0.25) is 0 Å². The van der Waals surface area contributed by atoms with Crippen molar-refractivity contribution >= 4 is 20.9 Å². The quantitative estimate of drug-likeness (QED) is 0.846. The van der Waals surface area contributed by atoms with E-state index in [9.17, 15) is 8.42 Å². The molecule has 1 aromatic carbocycles. The van der Waals surface area contributed by atoms with Crippen molar-refractivity contribution in [1.82, 2.24) is 14.6 Å². The number of likely N-dealkylation sites (N-methyl/N-ethyl adjacent to an activating group) is 1. The highest BCUT2D eigenvalue weighted by Crippen LogP contribution is 2.21. The maximum absolute atomic E-state index is 12.2. The molecule has 0 aliphatic heterocycles. The van der Waals surface area contributed by atoms with Crippen LogP contribution in [0.2, 0.25) is 2.82 Å². The molecule has 0 aliphatic carbocycles. The molecule has 0 aliphatic rings. The van der Waals surface area contributed by atoms with Gasteiger partial charge < -0.3 is 9.88 Å². The monoisotopic (exact) mass is 307 g/mol. The first kappa shape index (κ1) is 5.79. The van der Waals surface area contributed by atoms with Crippen molar-refractivity contribution < 1.29 is 24.9 Å². The second-order valence-electron chi connectivity index (χ2n) is 3.95. The van der Waals surface area contributed by atoms with Crippen LogP contribution >= 0.6 is 0 Å². The van der Waals surface area contributed by atoms with Gasteiger partial charge in [0.15, 0.2) is 1.41 Å². The Bertz CT molecular complexity index is 1090. The third kappa shape index (κ3) is 3.59. The maximum atomic E-state index is 12.2. The standard InChI is InChI=1S/C14H21N3O2S/c1-15-20(18,19)10-11-4-5-14-13(8-11)12(9-16-14)6-7-17(2)3/h4-5,8-9,15-16H,6-7,10H2,1-3H3/i2D3,3D3,7D2,10D2/hD2. The molecule has 2 N–H and O–H groups in total. The molecule has 0 amide bonds. The van der Waals surface area contributed by atoms with Crippen LogP contribution in [0.3, 0.4) is 0 Å². The van der Waals surface area contributed by atoms with E-state index in [-0.39, 0.29) is 26.1 Å². The largest absolute Gasteiger partial charge is 0.361 e. The number of hydrogen-bond donors (Lipinski definition) is 2. The van der Waals surface area contributed by atoms with E-state index in [2.05, 4.69) is 0 Å². The normalized spacial score (nSPS) is 24.1. The molecule has 0 bridgehead atoms. The average Bonchev–Trinajstić information content (AvgIpc) is 2.85. The van der Waals surface area contributed by atoms with Crippen molar-refractivity contribution in [3.8, 4) is 0 Å². The van der Waals surface area contributed by atoms with E-state index >= 15 is 0 Å². The highest BCUT2D eigenvalue weighted by atomic mass is 32.2. The van der Waals surface area contributed by atoms with E-state index in [4.69, 9.17) is 16.5 Å². The molecule has 2 rings (SSSR count). The molecule has 110 valence electrons. The molecule has 1 heterocycles. The van der Waals surface area contributed by atoms with Crippen LogP contribution in [-0.4, -0.2) is 45.8 Å². The highest BCUT2D eigenvalue weighted by molar-refractivity contribution is 7.88. The molecule has 2 aromatic rings. The van der Waals surface area contributed by atoms with Gasteiger partial charge in [-0.2, -0.15) is 0 Å². The van der Waals surface area contributed by atoms with Crippen LogP contribution in [0.1, 0.15) is 24.8 Å². The Kier molecular flexibility index (Phi) is 1.72. The SMILES string of the molecule is [2H]N(C)S(=O)(=O)C([2H])([2H])c1ccc2c(c1)c(CC([2H])([2H])N(C([2H])([2H])[2H])C([2H])([2H])[2H])cn2[2H]. The Morgan fingerprint density at radius 2 is 2.35 bits per heavy atom. The molecule has 5 nitrogen and oxygen atoms in total. The zero-order valence-electron chi connectivity index (χ0n) is 22.6. The summed E-state index contributed by atoms with van der Waals surface area (Å²) >= 11 is 0. The van der Waals surface area contributed by atoms with Gasteiger partial charge >= 0.3 is 0 Å². The van der Waals surface area contributed by atoms with Crippen LogP contribution in [-0.2, 0) is 22.1 Å². The minimum absolute atomic E-state index is 0.0308. The second-order valence-corrected chi connectivity index (χ2v) is 5.46. The van der Waals surface area contributed by atoms with E-state index in [0.717, 1.165) is 30.4 Å². The summed E-state index contributed by atoms with van der Waals surface area (Å²) in [4.78, 5) is 0.559. The molecule has 0 saturated heterocycles. The fraction of sp³-hybridized carbons (Fsp3) is 0.429. The van der Waals surface area contributed by atoms with Gasteiger partial charge in [-0.05, 0) is 50.7 Å². The first-order chi connectivity index (χ1) is 14.1. The van der Waals surface area contributed by atoms with Crippen LogP contribution in [0.5, 0.6) is 0 Å². The third-order valence-corrected chi connectivity index (χ3v) is 3.59. The molecule has 6 heteroatoms. The number of sulfonamides is 1. The zero-order chi connectivity index (χ0) is 25.1. The lowest BCUT2D eigenvalue weighted by atomic mass is 10.1. The van der Waals surface area contributed by atoms with E-state index in [0.29, 0.717) is 0 Å². The average molecular weight is 307 g/mol. The van der Waals surface area contributed by atoms with E-state index < -0.39 is 48.2 Å². The van der Waals surface area contributed by atoms with Gasteiger partial charge in [0.2, 0.25) is 10.0 Å². The van der Waals surface area contributed by atoms with Crippen molar-refractivity contribution in [3.05, 3.63) is 35.5 Å². The number of aryl methyl sites for hydroxylation is 1. The fourth-order valence-corrected chi connectivity index (χ4v) is 2.20. The van der Waals surface area contributed by atoms with Gasteiger partial charge in [0.05, 0.1) is 5.70 Å². The van der Waals surface area contributed by atoms with Crippen LogP contribution in [0.4, 0.5) is 0 Å². The molecule has 0 saturated carbocycles. The molecule has 1 aromatic heterocycles. The minimum Gasteiger partial charge on any atom is -0.361 e. The fourth-order valence-electron chi connectivity index (χ4n) is 1.69. The minimum atomic E-state index is -4.74. The van der Waals surface area contributed by atoms with Crippen molar-refractivity contribution in [1.29, 1.82) is 0 Å². The molecular weight excluding hydrogens is 274 g/mol. The van der Waals surface area contributed by atoms with E-state index in [1.54, 1.807) is 0 Å². The van der Waals surface area contributed by atoms with Crippen molar-refractivity contribution in [2.75, 3.05) is 27.5 Å². The smallest absolute Gasteiger partial charge is 0.215 e. The number of H-pyrrole nitrogens is 1. The number of hydrogen-bond acceptors (Lipinski definition) is 3. The zero-order valence-corrected chi connectivity index (χ0v) is 11.4. The summed E-state index contributed by atoms with van der Waals surface area (Å²) in [6.07, 6.45) is 0.299. The summed E-state index contributed by atoms with van der Waals surface area (Å²) in [6.45, 7) is -9.57. The Morgan fingerprint density at radius 3 is 3.05 bits per heavy atom. The molecular formula is C14H21N3O2S. The predicted octanol–water partition coefficient (Wildman–Crippen LogP) is 1.32. The Hall–Kier alpha value is -1.37. The van der Waals surface area contributed by atoms with Gasteiger partial charge in [-0.1, -0.05) is 6.07 Å². The second kappa shape index (κ2) is 5.95. The maximum Gasteiger partial charge on any atom is 0.215 e. The molecule has 20 heavy (non-hydrogen) atoms. The lowest BCUT2D eigenvalue weighted by Gasteiger charge is -2.08. The highest BCUT2D eigenvalue weighted by Gasteiger charge is 2.11. The number of fused-ring (bicyclic) bond motifs is 1. The number of aromatic nitrogens is 1. The Balaban J connectivity index is 2.65. The van der Waals surface area contributed by atoms with Crippen molar-refractivity contribution in [2.45, 2.75) is 12.1 Å². The summed E-state index contributed by atoms with van der Waals surface area (Å²) in [5, 5.41) is 0.0316. The predicted molar refractivity (Wildman–Crippen MR) is 82.2 cm³/mol. The Morgan fingerprint density at radius 1 is 1.55 bits per heavy atom. The molecule has 0 radical (unpaired) electrons. The topological polar surface area (TPSA) is 65.2 Å². The molecule has 0 atom stereocenters. The first-order valence-electron chi connectivity index (χ1n) is 11.4. The lowest BCUT2D eigenvalue weighted by Crippen LogP contribution is -2.20. The molecule has 0 fully saturated rings. The number of benzene rings is 1. The van der Waals surface area contributed by atoms with Crippen LogP contribution in [0.25, 0.3) is 10.9 Å². The van der Waals surface area contributed by atoms with Crippen LogP contribution in [0, 0.1) is 0 Å². The number of nitrogens with zero attached hydrogens (tertiary/aromatic N) is 1. The van der Waals surface area contributed by atoms with E-state index in [1.165, 1.54) is 6.07 Å². The van der Waals surface area contributed by atoms with Gasteiger partial charge in [0, 0.05) is 37.3 Å². The van der Waals surface area contributed by atoms with Gasteiger partial charge in [-0.25, -0.2) is 13.1 Å².